The van der Waals surface area contributed by atoms with Crippen LogP contribution in [0.25, 0.3) is 0 Å². The number of carbonyl (C=O) groups excluding carboxylic acids is 1. The number of benzene rings is 1. The standard InChI is InChI=1S/C18H25ClN2O/c19-15-8-6-14(7-9-15)18(10-11-18)17(22)21-16(12-20)13-4-2-1-3-5-13/h6-9,13,16H,1-5,10-12,20H2,(H,21,22). The average molecular weight is 321 g/mol. The van der Waals surface area contributed by atoms with E-state index in [2.05, 4.69) is 5.32 Å². The molecule has 3 N–H and O–H groups in total. The maximum Gasteiger partial charge on any atom is 0.230 e. The van der Waals surface area contributed by atoms with E-state index in [0.717, 1.165) is 18.4 Å². The van der Waals surface area contributed by atoms with Crippen molar-refractivity contribution in [2.45, 2.75) is 56.4 Å². The fourth-order valence-corrected chi connectivity index (χ4v) is 3.88. The van der Waals surface area contributed by atoms with Crippen LogP contribution < -0.4 is 11.1 Å². The number of nitrogens with two attached hydrogens (primary N) is 1. The molecule has 1 amide bonds. The molecule has 2 fully saturated rings. The van der Waals surface area contributed by atoms with E-state index in [1.54, 1.807) is 0 Å². The van der Waals surface area contributed by atoms with Crippen LogP contribution >= 0.6 is 11.6 Å². The molecule has 2 aliphatic carbocycles. The Balaban J connectivity index is 1.68. The lowest BCUT2D eigenvalue weighted by molar-refractivity contribution is -0.124. The smallest absolute Gasteiger partial charge is 0.230 e. The summed E-state index contributed by atoms with van der Waals surface area (Å²) in [5.74, 6) is 0.694. The van der Waals surface area contributed by atoms with Crippen LogP contribution in [0.1, 0.15) is 50.5 Å². The Bertz CT molecular complexity index is 518. The lowest BCUT2D eigenvalue weighted by atomic mass is 9.83. The summed E-state index contributed by atoms with van der Waals surface area (Å²) in [4.78, 5) is 12.8. The normalized spacial score (nSPS) is 22.1. The molecule has 0 saturated heterocycles. The molecule has 1 aromatic carbocycles. The third-order valence-corrected chi connectivity index (χ3v) is 5.62. The van der Waals surface area contributed by atoms with Crippen molar-refractivity contribution in [3.63, 3.8) is 0 Å². The summed E-state index contributed by atoms with van der Waals surface area (Å²) < 4.78 is 0. The lowest BCUT2D eigenvalue weighted by Crippen LogP contribution is -2.49. The van der Waals surface area contributed by atoms with Crippen LogP contribution in [-0.2, 0) is 10.2 Å². The van der Waals surface area contributed by atoms with Crippen LogP contribution in [0, 0.1) is 5.92 Å². The van der Waals surface area contributed by atoms with Gasteiger partial charge in [0.1, 0.15) is 0 Å². The molecule has 22 heavy (non-hydrogen) atoms. The van der Waals surface area contributed by atoms with Crippen LogP contribution in [-0.4, -0.2) is 18.5 Å². The second-order valence-electron chi connectivity index (χ2n) is 6.80. The molecule has 1 aromatic rings. The average Bonchev–Trinajstić information content (AvgIpc) is 3.36. The van der Waals surface area contributed by atoms with Gasteiger partial charge in [-0.05, 0) is 49.3 Å². The van der Waals surface area contributed by atoms with Crippen molar-refractivity contribution in [1.29, 1.82) is 0 Å². The number of hydrogen-bond donors (Lipinski definition) is 2. The Morgan fingerprint density at radius 2 is 1.86 bits per heavy atom. The minimum atomic E-state index is -0.341. The largest absolute Gasteiger partial charge is 0.351 e. The first-order valence-corrected chi connectivity index (χ1v) is 8.80. The summed E-state index contributed by atoms with van der Waals surface area (Å²) in [6.07, 6.45) is 8.06. The molecule has 4 heteroatoms. The molecule has 120 valence electrons. The van der Waals surface area contributed by atoms with Crippen molar-refractivity contribution in [2.24, 2.45) is 11.7 Å². The van der Waals surface area contributed by atoms with Gasteiger partial charge in [-0.25, -0.2) is 0 Å². The molecule has 0 aliphatic heterocycles. The van der Waals surface area contributed by atoms with Gasteiger partial charge in [0.25, 0.3) is 0 Å². The third-order valence-electron chi connectivity index (χ3n) is 5.37. The summed E-state index contributed by atoms with van der Waals surface area (Å²) >= 11 is 5.95. The zero-order chi connectivity index (χ0) is 15.6. The van der Waals surface area contributed by atoms with E-state index in [9.17, 15) is 4.79 Å². The quantitative estimate of drug-likeness (QED) is 0.873. The highest BCUT2D eigenvalue weighted by Crippen LogP contribution is 2.48. The maximum atomic E-state index is 12.8. The molecule has 3 rings (SSSR count). The van der Waals surface area contributed by atoms with Crippen LogP contribution in [0.2, 0.25) is 5.02 Å². The van der Waals surface area contributed by atoms with Crippen LogP contribution in [0.15, 0.2) is 24.3 Å². The third kappa shape index (κ3) is 3.16. The monoisotopic (exact) mass is 320 g/mol. The van der Waals surface area contributed by atoms with Gasteiger partial charge in [-0.15, -0.1) is 0 Å². The molecule has 1 atom stereocenters. The Labute approximate surface area is 137 Å². The van der Waals surface area contributed by atoms with E-state index in [1.165, 1.54) is 32.1 Å². The fraction of sp³-hybridized carbons (Fsp3) is 0.611. The molecule has 0 spiro atoms. The number of halogens is 1. The SMILES string of the molecule is NCC(NC(=O)C1(c2ccc(Cl)cc2)CC1)C1CCCCC1. The van der Waals surface area contributed by atoms with Gasteiger partial charge in [0.15, 0.2) is 0 Å². The van der Waals surface area contributed by atoms with Crippen molar-refractivity contribution in [3.8, 4) is 0 Å². The maximum absolute atomic E-state index is 12.8. The van der Waals surface area contributed by atoms with E-state index < -0.39 is 0 Å². The minimum Gasteiger partial charge on any atom is -0.351 e. The van der Waals surface area contributed by atoms with Crippen LogP contribution in [0.3, 0.4) is 0 Å². The van der Waals surface area contributed by atoms with Gasteiger partial charge >= 0.3 is 0 Å². The topological polar surface area (TPSA) is 55.1 Å². The molecule has 2 aliphatic rings. The summed E-state index contributed by atoms with van der Waals surface area (Å²) in [5.41, 5.74) is 6.68. The van der Waals surface area contributed by atoms with Gasteiger partial charge in [-0.3, -0.25) is 4.79 Å². The lowest BCUT2D eigenvalue weighted by Gasteiger charge is -2.31. The molecule has 1 unspecified atom stereocenters. The predicted octanol–water partition coefficient (Wildman–Crippen LogP) is 3.40. The van der Waals surface area contributed by atoms with Crippen molar-refractivity contribution in [1.82, 2.24) is 5.32 Å². The zero-order valence-electron chi connectivity index (χ0n) is 13.0. The zero-order valence-corrected chi connectivity index (χ0v) is 13.7. The summed E-state index contributed by atoms with van der Waals surface area (Å²) in [6.45, 7) is 0.535. The Morgan fingerprint density at radius 1 is 1.23 bits per heavy atom. The van der Waals surface area contributed by atoms with E-state index in [4.69, 9.17) is 17.3 Å². The van der Waals surface area contributed by atoms with Gasteiger partial charge in [0.05, 0.1) is 5.41 Å². The number of nitrogens with one attached hydrogen (secondary N) is 1. The van der Waals surface area contributed by atoms with Crippen LogP contribution in [0.4, 0.5) is 0 Å². The summed E-state index contributed by atoms with van der Waals surface area (Å²) in [7, 11) is 0. The van der Waals surface area contributed by atoms with Gasteiger partial charge in [0.2, 0.25) is 5.91 Å². The van der Waals surface area contributed by atoms with E-state index in [1.807, 2.05) is 24.3 Å². The molecular formula is C18H25ClN2O. The highest BCUT2D eigenvalue weighted by atomic mass is 35.5. The van der Waals surface area contributed by atoms with Gasteiger partial charge in [0, 0.05) is 17.6 Å². The summed E-state index contributed by atoms with van der Waals surface area (Å²) in [5, 5.41) is 3.97. The fourth-order valence-electron chi connectivity index (χ4n) is 3.75. The highest BCUT2D eigenvalue weighted by molar-refractivity contribution is 6.30. The second-order valence-corrected chi connectivity index (χ2v) is 7.24. The van der Waals surface area contributed by atoms with Crippen LogP contribution in [0.5, 0.6) is 0 Å². The van der Waals surface area contributed by atoms with Gasteiger partial charge < -0.3 is 11.1 Å². The summed E-state index contributed by atoms with van der Waals surface area (Å²) in [6, 6.07) is 7.81. The van der Waals surface area contributed by atoms with Gasteiger partial charge in [-0.2, -0.15) is 0 Å². The number of rotatable bonds is 5. The molecule has 3 nitrogen and oxygen atoms in total. The number of amides is 1. The number of carbonyl (C=O) groups is 1. The molecule has 0 bridgehead atoms. The van der Waals surface area contributed by atoms with Crippen molar-refractivity contribution in [3.05, 3.63) is 34.9 Å². The molecule has 0 radical (unpaired) electrons. The van der Waals surface area contributed by atoms with E-state index in [-0.39, 0.29) is 17.4 Å². The Morgan fingerprint density at radius 3 is 2.41 bits per heavy atom. The van der Waals surface area contributed by atoms with Crippen molar-refractivity contribution >= 4 is 17.5 Å². The first-order valence-electron chi connectivity index (χ1n) is 8.43. The molecule has 0 aromatic heterocycles. The second kappa shape index (κ2) is 6.59. The Hall–Kier alpha value is -1.06. The van der Waals surface area contributed by atoms with Crippen molar-refractivity contribution < 1.29 is 4.79 Å². The van der Waals surface area contributed by atoms with Gasteiger partial charge in [-0.1, -0.05) is 43.0 Å². The molecular weight excluding hydrogens is 296 g/mol. The Kier molecular flexibility index (Phi) is 4.74. The highest BCUT2D eigenvalue weighted by Gasteiger charge is 2.51. The minimum absolute atomic E-state index is 0.123. The first-order chi connectivity index (χ1) is 10.7. The van der Waals surface area contributed by atoms with Crippen molar-refractivity contribution in [2.75, 3.05) is 6.54 Å². The number of hydrogen-bond acceptors (Lipinski definition) is 2. The first kappa shape index (κ1) is 15.8. The van der Waals surface area contributed by atoms with E-state index >= 15 is 0 Å². The molecule has 2 saturated carbocycles. The predicted molar refractivity (Wildman–Crippen MR) is 89.9 cm³/mol. The molecule has 0 heterocycles. The van der Waals surface area contributed by atoms with E-state index in [0.29, 0.717) is 17.5 Å².